The number of likely N-dealkylation sites (N-methyl/N-ethyl adjacent to an activating group) is 1. The van der Waals surface area contributed by atoms with E-state index < -0.39 is 0 Å². The number of imide groups is 1. The first kappa shape index (κ1) is 15.0. The van der Waals surface area contributed by atoms with Crippen molar-refractivity contribution in [2.24, 2.45) is 0 Å². The van der Waals surface area contributed by atoms with E-state index in [0.29, 0.717) is 11.3 Å². The molecule has 0 aliphatic carbocycles. The standard InChI is InChI=1S/C19H18N2O2/c1-3-13-9-11-15(12-10-13)20-17-16(14-7-5-4-6-8-14)18(22)21(2)19(17)23/h4-12,20H,3H2,1-2H3. The third kappa shape index (κ3) is 2.75. The second-order valence-corrected chi connectivity index (χ2v) is 5.46. The van der Waals surface area contributed by atoms with Crippen LogP contribution in [0.4, 0.5) is 5.69 Å². The Kier molecular flexibility index (Phi) is 3.98. The average Bonchev–Trinajstić information content (AvgIpc) is 2.80. The third-order valence-electron chi connectivity index (χ3n) is 3.98. The van der Waals surface area contributed by atoms with Crippen molar-refractivity contribution < 1.29 is 9.59 Å². The summed E-state index contributed by atoms with van der Waals surface area (Å²) in [6, 6.07) is 17.1. The molecule has 0 unspecified atom stereocenters. The van der Waals surface area contributed by atoms with Gasteiger partial charge in [-0.05, 0) is 29.7 Å². The van der Waals surface area contributed by atoms with Gasteiger partial charge in [0.2, 0.25) is 0 Å². The maximum atomic E-state index is 12.4. The van der Waals surface area contributed by atoms with Crippen molar-refractivity contribution in [3.63, 3.8) is 0 Å². The molecule has 0 spiro atoms. The Labute approximate surface area is 135 Å². The minimum atomic E-state index is -0.312. The Balaban J connectivity index is 2.02. The molecule has 1 heterocycles. The number of hydrogen-bond acceptors (Lipinski definition) is 3. The lowest BCUT2D eigenvalue weighted by Gasteiger charge is -2.09. The second kappa shape index (κ2) is 6.08. The molecule has 23 heavy (non-hydrogen) atoms. The van der Waals surface area contributed by atoms with Gasteiger partial charge in [-0.15, -0.1) is 0 Å². The van der Waals surface area contributed by atoms with Gasteiger partial charge in [0.1, 0.15) is 5.70 Å². The number of nitrogens with one attached hydrogen (secondary N) is 1. The maximum Gasteiger partial charge on any atom is 0.277 e. The van der Waals surface area contributed by atoms with E-state index in [0.717, 1.165) is 22.6 Å². The van der Waals surface area contributed by atoms with E-state index in [4.69, 9.17) is 0 Å². The smallest absolute Gasteiger partial charge is 0.277 e. The third-order valence-corrected chi connectivity index (χ3v) is 3.98. The maximum absolute atomic E-state index is 12.4. The molecule has 4 heteroatoms. The van der Waals surface area contributed by atoms with Crippen LogP contribution in [0.15, 0.2) is 60.3 Å². The van der Waals surface area contributed by atoms with Crippen LogP contribution in [0.5, 0.6) is 0 Å². The Morgan fingerprint density at radius 3 is 2.17 bits per heavy atom. The van der Waals surface area contributed by atoms with Crippen LogP contribution in [0.1, 0.15) is 18.1 Å². The van der Waals surface area contributed by atoms with Gasteiger partial charge >= 0.3 is 0 Å². The Morgan fingerprint density at radius 1 is 0.913 bits per heavy atom. The van der Waals surface area contributed by atoms with Crippen molar-refractivity contribution in [3.8, 4) is 0 Å². The van der Waals surface area contributed by atoms with Gasteiger partial charge in [0.25, 0.3) is 11.8 Å². The average molecular weight is 306 g/mol. The number of hydrogen-bond donors (Lipinski definition) is 1. The number of benzene rings is 2. The lowest BCUT2D eigenvalue weighted by molar-refractivity contribution is -0.135. The van der Waals surface area contributed by atoms with Crippen molar-refractivity contribution in [1.29, 1.82) is 0 Å². The number of carbonyl (C=O) groups is 2. The van der Waals surface area contributed by atoms with Crippen LogP contribution in [0.2, 0.25) is 0 Å². The number of aryl methyl sites for hydroxylation is 1. The first-order valence-corrected chi connectivity index (χ1v) is 7.60. The van der Waals surface area contributed by atoms with Gasteiger partial charge in [0.05, 0.1) is 5.57 Å². The summed E-state index contributed by atoms with van der Waals surface area (Å²) in [6.45, 7) is 2.09. The van der Waals surface area contributed by atoms with Crippen molar-refractivity contribution in [1.82, 2.24) is 4.90 Å². The normalized spacial score (nSPS) is 14.6. The topological polar surface area (TPSA) is 49.4 Å². The van der Waals surface area contributed by atoms with Crippen LogP contribution in [-0.2, 0) is 16.0 Å². The van der Waals surface area contributed by atoms with Gasteiger partial charge in [0, 0.05) is 12.7 Å². The van der Waals surface area contributed by atoms with Crippen LogP contribution in [0.25, 0.3) is 5.57 Å². The first-order chi connectivity index (χ1) is 11.1. The zero-order valence-electron chi connectivity index (χ0n) is 13.2. The fraction of sp³-hybridized carbons (Fsp3) is 0.158. The molecule has 0 fully saturated rings. The summed E-state index contributed by atoms with van der Waals surface area (Å²) in [6.07, 6.45) is 0.957. The van der Waals surface area contributed by atoms with Crippen molar-refractivity contribution in [3.05, 3.63) is 71.4 Å². The van der Waals surface area contributed by atoms with Gasteiger partial charge in [0.15, 0.2) is 0 Å². The largest absolute Gasteiger partial charge is 0.350 e. The predicted octanol–water partition coefficient (Wildman–Crippen LogP) is 3.07. The lowest BCUT2D eigenvalue weighted by Crippen LogP contribution is -2.27. The minimum absolute atomic E-state index is 0.283. The van der Waals surface area contributed by atoms with Crippen molar-refractivity contribution in [2.75, 3.05) is 12.4 Å². The minimum Gasteiger partial charge on any atom is -0.350 e. The molecular weight excluding hydrogens is 288 g/mol. The van der Waals surface area contributed by atoms with Gasteiger partial charge in [-0.2, -0.15) is 0 Å². The van der Waals surface area contributed by atoms with Gasteiger partial charge < -0.3 is 5.32 Å². The molecule has 2 aromatic carbocycles. The Hall–Kier alpha value is -2.88. The number of amides is 2. The highest BCUT2D eigenvalue weighted by atomic mass is 16.2. The van der Waals surface area contributed by atoms with E-state index in [1.54, 1.807) is 0 Å². The highest BCUT2D eigenvalue weighted by Crippen LogP contribution is 2.29. The number of rotatable bonds is 4. The molecule has 0 bridgehead atoms. The molecule has 3 rings (SSSR count). The van der Waals surface area contributed by atoms with E-state index in [2.05, 4.69) is 12.2 Å². The summed E-state index contributed by atoms with van der Waals surface area (Å²) in [5.41, 5.74) is 3.49. The van der Waals surface area contributed by atoms with Crippen LogP contribution >= 0.6 is 0 Å². The van der Waals surface area contributed by atoms with E-state index in [1.807, 2.05) is 54.6 Å². The van der Waals surface area contributed by atoms with Crippen molar-refractivity contribution in [2.45, 2.75) is 13.3 Å². The fourth-order valence-electron chi connectivity index (χ4n) is 2.60. The van der Waals surface area contributed by atoms with Crippen LogP contribution in [0, 0.1) is 0 Å². The molecule has 0 aromatic heterocycles. The summed E-state index contributed by atoms with van der Waals surface area (Å²) in [4.78, 5) is 26.0. The first-order valence-electron chi connectivity index (χ1n) is 7.60. The lowest BCUT2D eigenvalue weighted by atomic mass is 10.0. The highest BCUT2D eigenvalue weighted by Gasteiger charge is 2.36. The number of anilines is 1. The van der Waals surface area contributed by atoms with Crippen LogP contribution in [0.3, 0.4) is 0 Å². The van der Waals surface area contributed by atoms with Crippen LogP contribution < -0.4 is 5.32 Å². The molecule has 2 aromatic rings. The monoisotopic (exact) mass is 306 g/mol. The molecule has 0 atom stereocenters. The summed E-state index contributed by atoms with van der Waals surface area (Å²) >= 11 is 0. The second-order valence-electron chi connectivity index (χ2n) is 5.46. The number of carbonyl (C=O) groups excluding carboxylic acids is 2. The molecule has 0 saturated heterocycles. The van der Waals surface area contributed by atoms with E-state index >= 15 is 0 Å². The summed E-state index contributed by atoms with van der Waals surface area (Å²) in [7, 11) is 1.50. The molecule has 2 amide bonds. The van der Waals surface area contributed by atoms with E-state index in [9.17, 15) is 9.59 Å². The molecule has 1 aliphatic rings. The fourth-order valence-corrected chi connectivity index (χ4v) is 2.60. The van der Waals surface area contributed by atoms with E-state index in [-0.39, 0.29) is 11.8 Å². The molecule has 1 N–H and O–H groups in total. The van der Waals surface area contributed by atoms with Crippen LogP contribution in [-0.4, -0.2) is 23.8 Å². The van der Waals surface area contributed by atoms with Crippen molar-refractivity contribution >= 4 is 23.1 Å². The highest BCUT2D eigenvalue weighted by molar-refractivity contribution is 6.36. The molecule has 4 nitrogen and oxygen atoms in total. The molecule has 0 radical (unpaired) electrons. The Bertz CT molecular complexity index is 777. The van der Waals surface area contributed by atoms with Gasteiger partial charge in [-0.25, -0.2) is 0 Å². The SMILES string of the molecule is CCc1ccc(NC2=C(c3ccccc3)C(=O)N(C)C2=O)cc1. The van der Waals surface area contributed by atoms with E-state index in [1.165, 1.54) is 12.6 Å². The summed E-state index contributed by atoms with van der Waals surface area (Å²) in [5.74, 6) is -0.595. The molecular formula is C19H18N2O2. The zero-order chi connectivity index (χ0) is 16.4. The quantitative estimate of drug-likeness (QED) is 0.883. The molecule has 0 saturated carbocycles. The number of nitrogens with zero attached hydrogens (tertiary/aromatic N) is 1. The summed E-state index contributed by atoms with van der Waals surface area (Å²) < 4.78 is 0. The predicted molar refractivity (Wildman–Crippen MR) is 90.6 cm³/mol. The summed E-state index contributed by atoms with van der Waals surface area (Å²) in [5, 5.41) is 3.12. The van der Waals surface area contributed by atoms with Gasteiger partial charge in [-0.3, -0.25) is 14.5 Å². The Morgan fingerprint density at radius 2 is 1.57 bits per heavy atom. The zero-order valence-corrected chi connectivity index (χ0v) is 13.2. The molecule has 1 aliphatic heterocycles. The van der Waals surface area contributed by atoms with Gasteiger partial charge in [-0.1, -0.05) is 49.4 Å². The molecule has 116 valence electrons.